The van der Waals surface area contributed by atoms with Gasteiger partial charge in [0.15, 0.2) is 0 Å². The van der Waals surface area contributed by atoms with E-state index in [0.29, 0.717) is 11.6 Å². The quantitative estimate of drug-likeness (QED) is 0.876. The van der Waals surface area contributed by atoms with E-state index in [9.17, 15) is 0 Å². The van der Waals surface area contributed by atoms with E-state index in [1.807, 2.05) is 33.0 Å². The van der Waals surface area contributed by atoms with Crippen molar-refractivity contribution in [1.82, 2.24) is 15.0 Å². The van der Waals surface area contributed by atoms with Gasteiger partial charge in [-0.3, -0.25) is 4.98 Å². The highest BCUT2D eigenvalue weighted by molar-refractivity contribution is 5.47. The molecular formula is C12H14N4O. The van der Waals surface area contributed by atoms with Crippen LogP contribution in [0.4, 0.5) is 5.82 Å². The van der Waals surface area contributed by atoms with Gasteiger partial charge in [-0.15, -0.1) is 0 Å². The molecule has 2 aromatic heterocycles. The zero-order valence-electron chi connectivity index (χ0n) is 10.1. The average Bonchev–Trinajstić information content (AvgIpc) is 2.35. The number of aromatic nitrogens is 3. The van der Waals surface area contributed by atoms with Crippen LogP contribution in [0.25, 0.3) is 0 Å². The number of hydrogen-bond donors (Lipinski definition) is 1. The summed E-state index contributed by atoms with van der Waals surface area (Å²) >= 11 is 0. The van der Waals surface area contributed by atoms with Crippen molar-refractivity contribution in [1.29, 1.82) is 0 Å². The van der Waals surface area contributed by atoms with E-state index >= 15 is 0 Å². The number of pyridine rings is 1. The van der Waals surface area contributed by atoms with E-state index in [1.54, 1.807) is 6.20 Å². The van der Waals surface area contributed by atoms with E-state index < -0.39 is 0 Å². The zero-order chi connectivity index (χ0) is 12.3. The first-order valence-electron chi connectivity index (χ1n) is 5.30. The Bertz CT molecular complexity index is 510. The first-order valence-corrected chi connectivity index (χ1v) is 5.30. The lowest BCUT2D eigenvalue weighted by Crippen LogP contribution is -2.00. The second-order valence-electron chi connectivity index (χ2n) is 3.64. The Morgan fingerprint density at radius 1 is 1.12 bits per heavy atom. The molecule has 0 saturated heterocycles. The van der Waals surface area contributed by atoms with Crippen molar-refractivity contribution in [3.63, 3.8) is 0 Å². The maximum absolute atomic E-state index is 5.65. The number of ether oxygens (including phenoxy) is 1. The van der Waals surface area contributed by atoms with Gasteiger partial charge in [0.25, 0.3) is 0 Å². The molecule has 0 bridgehead atoms. The molecule has 2 aromatic rings. The summed E-state index contributed by atoms with van der Waals surface area (Å²) in [5.74, 6) is 1.96. The van der Waals surface area contributed by atoms with Crippen molar-refractivity contribution in [2.45, 2.75) is 13.8 Å². The van der Waals surface area contributed by atoms with Gasteiger partial charge < -0.3 is 10.1 Å². The molecule has 5 nitrogen and oxygen atoms in total. The van der Waals surface area contributed by atoms with Gasteiger partial charge in [-0.05, 0) is 26.0 Å². The Hall–Kier alpha value is -2.17. The summed E-state index contributed by atoms with van der Waals surface area (Å²) in [7, 11) is 1.81. The highest BCUT2D eigenvalue weighted by atomic mass is 16.5. The maximum atomic E-state index is 5.65. The van der Waals surface area contributed by atoms with Crippen LogP contribution in [0.5, 0.6) is 11.6 Å². The summed E-state index contributed by atoms with van der Waals surface area (Å²) < 4.78 is 5.65. The molecule has 0 spiro atoms. The second kappa shape index (κ2) is 4.78. The molecule has 1 N–H and O–H groups in total. The van der Waals surface area contributed by atoms with Crippen LogP contribution in [0.2, 0.25) is 0 Å². The van der Waals surface area contributed by atoms with Gasteiger partial charge in [-0.25, -0.2) is 9.97 Å². The molecule has 0 amide bonds. The zero-order valence-corrected chi connectivity index (χ0v) is 10.1. The lowest BCUT2D eigenvalue weighted by Gasteiger charge is -2.09. The largest absolute Gasteiger partial charge is 0.437 e. The number of rotatable bonds is 3. The van der Waals surface area contributed by atoms with Crippen molar-refractivity contribution in [3.8, 4) is 11.6 Å². The van der Waals surface area contributed by atoms with Crippen LogP contribution in [-0.2, 0) is 0 Å². The third kappa shape index (κ3) is 2.50. The average molecular weight is 230 g/mol. The molecule has 0 atom stereocenters. The molecular weight excluding hydrogens is 216 g/mol. The second-order valence-corrected chi connectivity index (χ2v) is 3.64. The highest BCUT2D eigenvalue weighted by Crippen LogP contribution is 2.25. The van der Waals surface area contributed by atoms with Gasteiger partial charge in [0, 0.05) is 12.7 Å². The molecule has 0 radical (unpaired) electrons. The van der Waals surface area contributed by atoms with E-state index in [0.717, 1.165) is 17.1 Å². The number of nitrogens with zero attached hydrogens (tertiary/aromatic N) is 3. The maximum Gasteiger partial charge on any atom is 0.227 e. The molecule has 0 aliphatic heterocycles. The minimum Gasteiger partial charge on any atom is -0.437 e. The summed E-state index contributed by atoms with van der Waals surface area (Å²) in [6.07, 6.45) is 3.14. The van der Waals surface area contributed by atoms with Gasteiger partial charge in [0.1, 0.15) is 17.9 Å². The minimum atomic E-state index is 0.537. The molecule has 0 aromatic carbocycles. The fraction of sp³-hybridized carbons (Fsp3) is 0.250. The molecule has 88 valence electrons. The van der Waals surface area contributed by atoms with Gasteiger partial charge in [-0.2, -0.15) is 0 Å². The van der Waals surface area contributed by atoms with Crippen LogP contribution in [0.3, 0.4) is 0 Å². The van der Waals surface area contributed by atoms with Crippen molar-refractivity contribution in [2.75, 3.05) is 12.4 Å². The molecule has 5 heteroatoms. The van der Waals surface area contributed by atoms with Gasteiger partial charge in [0.2, 0.25) is 5.88 Å². The van der Waals surface area contributed by atoms with Gasteiger partial charge in [0.05, 0.1) is 11.8 Å². The Morgan fingerprint density at radius 2 is 1.94 bits per heavy atom. The van der Waals surface area contributed by atoms with Crippen LogP contribution < -0.4 is 10.1 Å². The number of hydrogen-bond acceptors (Lipinski definition) is 5. The molecule has 0 saturated carbocycles. The molecule has 2 rings (SSSR count). The molecule has 0 unspecified atom stereocenters. The van der Waals surface area contributed by atoms with Crippen molar-refractivity contribution < 1.29 is 4.74 Å². The van der Waals surface area contributed by atoms with Crippen LogP contribution >= 0.6 is 0 Å². The topological polar surface area (TPSA) is 59.9 Å². The Kier molecular flexibility index (Phi) is 3.18. The summed E-state index contributed by atoms with van der Waals surface area (Å²) in [6, 6.07) is 3.76. The smallest absolute Gasteiger partial charge is 0.227 e. The monoisotopic (exact) mass is 230 g/mol. The van der Waals surface area contributed by atoms with Crippen molar-refractivity contribution in [3.05, 3.63) is 35.9 Å². The fourth-order valence-corrected chi connectivity index (χ4v) is 1.42. The summed E-state index contributed by atoms with van der Waals surface area (Å²) in [5, 5.41) is 2.98. The summed E-state index contributed by atoms with van der Waals surface area (Å²) in [6.45, 7) is 3.83. The normalized spacial score (nSPS) is 10.1. The summed E-state index contributed by atoms with van der Waals surface area (Å²) in [4.78, 5) is 12.4. The molecule has 0 fully saturated rings. The molecule has 0 aliphatic rings. The van der Waals surface area contributed by atoms with Crippen molar-refractivity contribution in [2.24, 2.45) is 0 Å². The van der Waals surface area contributed by atoms with Gasteiger partial charge in [-0.1, -0.05) is 0 Å². The summed E-state index contributed by atoms with van der Waals surface area (Å²) in [5.41, 5.74) is 1.82. The van der Waals surface area contributed by atoms with E-state index in [-0.39, 0.29) is 0 Å². The SMILES string of the molecule is CNc1ncnc(Oc2ccc(C)nc2)c1C. The molecule has 17 heavy (non-hydrogen) atoms. The predicted octanol–water partition coefficient (Wildman–Crippen LogP) is 2.32. The lowest BCUT2D eigenvalue weighted by atomic mass is 10.3. The third-order valence-corrected chi connectivity index (χ3v) is 2.37. The van der Waals surface area contributed by atoms with Crippen LogP contribution in [0.1, 0.15) is 11.3 Å². The molecule has 2 heterocycles. The van der Waals surface area contributed by atoms with E-state index in [2.05, 4.69) is 20.3 Å². The standard InChI is InChI=1S/C12H14N4O/c1-8-4-5-10(6-14-8)17-12-9(2)11(13-3)15-7-16-12/h4-7H,1-3H3,(H,13,15,16). The Labute approximate surface area is 99.9 Å². The first kappa shape index (κ1) is 11.3. The lowest BCUT2D eigenvalue weighted by molar-refractivity contribution is 0.455. The van der Waals surface area contributed by atoms with E-state index in [4.69, 9.17) is 4.74 Å². The van der Waals surface area contributed by atoms with Crippen LogP contribution in [-0.4, -0.2) is 22.0 Å². The predicted molar refractivity (Wildman–Crippen MR) is 65.4 cm³/mol. The molecule has 0 aliphatic carbocycles. The minimum absolute atomic E-state index is 0.537. The third-order valence-electron chi connectivity index (χ3n) is 2.37. The number of nitrogens with one attached hydrogen (secondary N) is 1. The number of aryl methyl sites for hydroxylation is 1. The van der Waals surface area contributed by atoms with E-state index in [1.165, 1.54) is 6.33 Å². The van der Waals surface area contributed by atoms with Crippen LogP contribution in [0.15, 0.2) is 24.7 Å². The number of anilines is 1. The first-order chi connectivity index (χ1) is 8.20. The Morgan fingerprint density at radius 3 is 2.59 bits per heavy atom. The van der Waals surface area contributed by atoms with Crippen molar-refractivity contribution >= 4 is 5.82 Å². The van der Waals surface area contributed by atoms with Gasteiger partial charge >= 0.3 is 0 Å². The highest BCUT2D eigenvalue weighted by Gasteiger charge is 2.07. The fourth-order valence-electron chi connectivity index (χ4n) is 1.42. The Balaban J connectivity index is 2.27. The van der Waals surface area contributed by atoms with Crippen LogP contribution in [0, 0.1) is 13.8 Å².